The lowest BCUT2D eigenvalue weighted by Gasteiger charge is -2.13. The van der Waals surface area contributed by atoms with Gasteiger partial charge in [0.15, 0.2) is 0 Å². The fraction of sp³-hybridized carbons (Fsp3) is 0.125. The van der Waals surface area contributed by atoms with Crippen LogP contribution in [0, 0.1) is 0 Å². The number of sulfonamides is 1. The molecule has 0 atom stereocenters. The van der Waals surface area contributed by atoms with E-state index >= 15 is 0 Å². The Morgan fingerprint density at radius 2 is 1.95 bits per heavy atom. The fourth-order valence-corrected chi connectivity index (χ4v) is 6.22. The first-order valence-corrected chi connectivity index (χ1v) is 13.4. The highest BCUT2D eigenvalue weighted by molar-refractivity contribution is 7.92. The molecule has 1 aromatic carbocycles. The monoisotopic (exact) mass is 533 g/mol. The molecule has 4 aromatic heterocycles. The Morgan fingerprint density at radius 1 is 1.05 bits per heavy atom. The van der Waals surface area contributed by atoms with Crippen molar-refractivity contribution in [3.05, 3.63) is 66.9 Å². The average Bonchev–Trinajstić information content (AvgIpc) is 3.55. The van der Waals surface area contributed by atoms with Crippen molar-refractivity contribution in [2.24, 2.45) is 0 Å². The van der Waals surface area contributed by atoms with Gasteiger partial charge in [-0.3, -0.25) is 14.2 Å². The second-order valence-corrected chi connectivity index (χ2v) is 10.9. The average molecular weight is 534 g/mol. The lowest BCUT2D eigenvalue weighted by molar-refractivity contribution is 0.0951. The number of carbonyl (C=O) groups excluding carboxylic acids is 1. The SMILES string of the molecule is COc1ncc2cc1NS(=O)(=O)c1cccc(c1)C(=O)NCCn1cc(cn1)-c1ncnc3cc-2sc13. The molecule has 0 unspecified atom stereocenters. The summed E-state index contributed by atoms with van der Waals surface area (Å²) in [6.07, 6.45) is 6.70. The van der Waals surface area contributed by atoms with E-state index < -0.39 is 15.9 Å². The molecule has 5 heterocycles. The Kier molecular flexibility index (Phi) is 5.57. The standard InChI is InChI=1S/C24H19N7O4S2/c1-35-24-19-8-15(10-26-24)20-9-18-22(36-20)21(28-13-27-18)16-11-29-31(12-16)6-5-25-23(32)14-3-2-4-17(7-14)37(33,34)30-19/h2-4,7-13,30H,5-6H2,1H3,(H,25,32). The summed E-state index contributed by atoms with van der Waals surface area (Å²) in [5, 5.41) is 7.21. The van der Waals surface area contributed by atoms with Crippen LogP contribution in [0.2, 0.25) is 0 Å². The van der Waals surface area contributed by atoms with Gasteiger partial charge in [-0.2, -0.15) is 5.10 Å². The maximum absolute atomic E-state index is 13.3. The molecule has 1 aliphatic heterocycles. The van der Waals surface area contributed by atoms with Crippen molar-refractivity contribution in [3.63, 3.8) is 0 Å². The third kappa shape index (κ3) is 4.27. The third-order valence-corrected chi connectivity index (χ3v) is 8.37. The summed E-state index contributed by atoms with van der Waals surface area (Å²) >= 11 is 1.47. The molecule has 8 bridgehead atoms. The van der Waals surface area contributed by atoms with Crippen LogP contribution in [0.25, 0.3) is 31.9 Å². The number of methoxy groups -OCH3 is 1. The second kappa shape index (κ2) is 8.94. The number of amides is 1. The molecule has 1 aliphatic rings. The molecule has 1 amide bonds. The number of hydrogen-bond acceptors (Lipinski definition) is 9. The van der Waals surface area contributed by atoms with E-state index in [9.17, 15) is 13.2 Å². The molecule has 11 nitrogen and oxygen atoms in total. The van der Waals surface area contributed by atoms with Gasteiger partial charge in [0.1, 0.15) is 12.0 Å². The zero-order valence-corrected chi connectivity index (χ0v) is 21.0. The topological polar surface area (TPSA) is 141 Å². The molecule has 0 aliphatic carbocycles. The van der Waals surface area contributed by atoms with E-state index in [1.165, 1.54) is 43.0 Å². The molecule has 0 saturated heterocycles. The smallest absolute Gasteiger partial charge is 0.262 e. The highest BCUT2D eigenvalue weighted by Gasteiger charge is 2.21. The van der Waals surface area contributed by atoms with Crippen molar-refractivity contribution >= 4 is 43.2 Å². The number of nitrogens with zero attached hydrogens (tertiary/aromatic N) is 5. The van der Waals surface area contributed by atoms with Crippen molar-refractivity contribution in [2.75, 3.05) is 18.4 Å². The van der Waals surface area contributed by atoms with Gasteiger partial charge in [0.2, 0.25) is 5.88 Å². The number of benzene rings is 1. The summed E-state index contributed by atoms with van der Waals surface area (Å²) < 4.78 is 37.0. The summed E-state index contributed by atoms with van der Waals surface area (Å²) in [5.41, 5.74) is 3.35. The molecule has 13 heteroatoms. The minimum atomic E-state index is -4.06. The van der Waals surface area contributed by atoms with Gasteiger partial charge in [0.05, 0.1) is 40.7 Å². The number of nitrogens with one attached hydrogen (secondary N) is 2. The van der Waals surface area contributed by atoms with Crippen LogP contribution in [-0.4, -0.2) is 52.7 Å². The summed E-state index contributed by atoms with van der Waals surface area (Å²) in [5.74, 6) is -0.284. The van der Waals surface area contributed by atoms with Crippen molar-refractivity contribution in [3.8, 4) is 27.6 Å². The Morgan fingerprint density at radius 3 is 2.81 bits per heavy atom. The highest BCUT2D eigenvalue weighted by atomic mass is 32.2. The number of pyridine rings is 1. The van der Waals surface area contributed by atoms with E-state index in [4.69, 9.17) is 4.74 Å². The van der Waals surface area contributed by atoms with Crippen molar-refractivity contribution in [1.29, 1.82) is 0 Å². The van der Waals surface area contributed by atoms with Gasteiger partial charge in [-0.05, 0) is 30.3 Å². The van der Waals surface area contributed by atoms with Gasteiger partial charge in [-0.1, -0.05) is 6.07 Å². The van der Waals surface area contributed by atoms with E-state index in [1.54, 1.807) is 29.2 Å². The van der Waals surface area contributed by atoms with E-state index in [-0.39, 0.29) is 22.0 Å². The van der Waals surface area contributed by atoms with Crippen LogP contribution < -0.4 is 14.8 Å². The molecule has 37 heavy (non-hydrogen) atoms. The fourth-order valence-electron chi connectivity index (χ4n) is 4.03. The second-order valence-electron chi connectivity index (χ2n) is 8.21. The Hall–Kier alpha value is -4.36. The lowest BCUT2D eigenvalue weighted by atomic mass is 10.2. The largest absolute Gasteiger partial charge is 0.480 e. The molecular formula is C24H19N7O4S2. The Labute approximate surface area is 215 Å². The molecule has 0 fully saturated rings. The van der Waals surface area contributed by atoms with Crippen molar-refractivity contribution in [1.82, 2.24) is 30.0 Å². The number of carbonyl (C=O) groups is 1. The minimum Gasteiger partial charge on any atom is -0.480 e. The van der Waals surface area contributed by atoms with Gasteiger partial charge >= 0.3 is 0 Å². The van der Waals surface area contributed by atoms with Crippen LogP contribution in [0.5, 0.6) is 5.88 Å². The number of rotatable bonds is 1. The number of anilines is 1. The molecular weight excluding hydrogens is 514 g/mol. The van der Waals surface area contributed by atoms with Gasteiger partial charge in [0, 0.05) is 40.5 Å². The van der Waals surface area contributed by atoms with Crippen molar-refractivity contribution < 1.29 is 17.9 Å². The van der Waals surface area contributed by atoms with Crippen molar-refractivity contribution in [2.45, 2.75) is 11.4 Å². The first kappa shape index (κ1) is 23.1. The molecule has 0 saturated carbocycles. The van der Waals surface area contributed by atoms with E-state index in [0.29, 0.717) is 18.7 Å². The Bertz CT molecular complexity index is 1780. The van der Waals surface area contributed by atoms with Gasteiger partial charge in [-0.15, -0.1) is 11.3 Å². The number of ether oxygens (including phenoxy) is 1. The minimum absolute atomic E-state index is 0.0657. The predicted octanol–water partition coefficient (Wildman–Crippen LogP) is 3.17. The first-order valence-electron chi connectivity index (χ1n) is 11.1. The highest BCUT2D eigenvalue weighted by Crippen LogP contribution is 2.39. The molecule has 0 spiro atoms. The third-order valence-electron chi connectivity index (χ3n) is 5.82. The van der Waals surface area contributed by atoms with Crippen LogP contribution in [0.1, 0.15) is 10.4 Å². The molecule has 6 rings (SSSR count). The van der Waals surface area contributed by atoms with Crippen LogP contribution in [0.4, 0.5) is 5.69 Å². The number of thiophene rings is 1. The van der Waals surface area contributed by atoms with Crippen LogP contribution in [0.15, 0.2) is 66.2 Å². The maximum atomic E-state index is 13.3. The van der Waals surface area contributed by atoms with Crippen LogP contribution >= 0.6 is 11.3 Å². The summed E-state index contributed by atoms with van der Waals surface area (Å²) in [6.45, 7) is 0.721. The normalized spacial score (nSPS) is 14.8. The summed E-state index contributed by atoms with van der Waals surface area (Å²) in [4.78, 5) is 26.7. The number of hydrogen-bond donors (Lipinski definition) is 2. The van der Waals surface area contributed by atoms with Gasteiger partial charge in [-0.25, -0.2) is 23.4 Å². The van der Waals surface area contributed by atoms with E-state index in [2.05, 4.69) is 30.1 Å². The summed E-state index contributed by atoms with van der Waals surface area (Å²) in [7, 11) is -2.65. The predicted molar refractivity (Wildman–Crippen MR) is 138 cm³/mol. The lowest BCUT2D eigenvalue weighted by Crippen LogP contribution is -2.27. The van der Waals surface area contributed by atoms with E-state index in [0.717, 1.165) is 26.4 Å². The molecule has 5 aromatic rings. The number of fused-ring (bicyclic) bond motifs is 9. The quantitative estimate of drug-likeness (QED) is 0.335. The molecule has 186 valence electrons. The number of aromatic nitrogens is 5. The molecule has 2 N–H and O–H groups in total. The zero-order chi connectivity index (χ0) is 25.6. The van der Waals surface area contributed by atoms with Crippen LogP contribution in [0.3, 0.4) is 0 Å². The molecule has 0 radical (unpaired) electrons. The Balaban J connectivity index is 1.53. The summed E-state index contributed by atoms with van der Waals surface area (Å²) in [6, 6.07) is 9.39. The van der Waals surface area contributed by atoms with E-state index in [1.807, 2.05) is 12.3 Å². The van der Waals surface area contributed by atoms with Crippen LogP contribution in [-0.2, 0) is 16.6 Å². The maximum Gasteiger partial charge on any atom is 0.262 e. The van der Waals surface area contributed by atoms with Gasteiger partial charge < -0.3 is 10.1 Å². The zero-order valence-electron chi connectivity index (χ0n) is 19.4. The first-order chi connectivity index (χ1) is 17.9. The van der Waals surface area contributed by atoms with Gasteiger partial charge in [0.25, 0.3) is 15.9 Å².